The van der Waals surface area contributed by atoms with Crippen molar-refractivity contribution in [2.24, 2.45) is 0 Å². The van der Waals surface area contributed by atoms with Crippen molar-refractivity contribution in [3.8, 4) is 56.4 Å². The lowest BCUT2D eigenvalue weighted by molar-refractivity contribution is 0.586. The van der Waals surface area contributed by atoms with Crippen LogP contribution in [0.3, 0.4) is 0 Å². The van der Waals surface area contributed by atoms with Gasteiger partial charge in [-0.05, 0) is 85.1 Å². The molecule has 0 saturated heterocycles. The highest BCUT2D eigenvalue weighted by molar-refractivity contribution is 6.09. The van der Waals surface area contributed by atoms with E-state index in [1.165, 1.54) is 38.2 Å². The molecule has 1 aliphatic carbocycles. The minimum Gasteiger partial charge on any atom is -0.456 e. The van der Waals surface area contributed by atoms with E-state index in [1.54, 1.807) is 0 Å². The Bertz CT molecular complexity index is 3190. The van der Waals surface area contributed by atoms with Gasteiger partial charge in [0.1, 0.15) is 11.3 Å². The van der Waals surface area contributed by atoms with E-state index in [4.69, 9.17) is 19.4 Å². The molecule has 0 radical (unpaired) electrons. The van der Waals surface area contributed by atoms with E-state index >= 15 is 0 Å². The zero-order chi connectivity index (χ0) is 37.2. The fourth-order valence-corrected chi connectivity index (χ4v) is 8.62. The molecule has 0 aliphatic heterocycles. The van der Waals surface area contributed by atoms with Crippen LogP contribution in [-0.2, 0) is 0 Å². The summed E-state index contributed by atoms with van der Waals surface area (Å²) in [6.45, 7) is 2.29. The number of fused-ring (bicyclic) bond motifs is 6. The van der Waals surface area contributed by atoms with Gasteiger partial charge < -0.3 is 4.42 Å². The maximum atomic E-state index is 6.40. The van der Waals surface area contributed by atoms with E-state index in [0.29, 0.717) is 23.4 Å². The van der Waals surface area contributed by atoms with Crippen LogP contribution in [0.25, 0.3) is 106 Å². The second-order valence-corrected chi connectivity index (χ2v) is 14.8. The van der Waals surface area contributed by atoms with Gasteiger partial charge in [0, 0.05) is 27.6 Å². The quantitative estimate of drug-likeness (QED) is 0.178. The SMILES string of the molecule is CC1CC=Cc2oc3cccc(-c4cccc5c(-c6nc(-c7ccc(-c8cccc9ccccc89)cc7)nc(-c7ccc8ccccc8c7)n6)cccc45)c3c21. The number of aromatic nitrogens is 3. The molecule has 2 aromatic heterocycles. The number of nitrogens with zero attached hydrogens (tertiary/aromatic N) is 3. The van der Waals surface area contributed by atoms with Gasteiger partial charge in [0.05, 0.1) is 0 Å². The second kappa shape index (κ2) is 13.0. The first kappa shape index (κ1) is 32.3. The first-order chi connectivity index (χ1) is 27.7. The predicted molar refractivity (Wildman–Crippen MR) is 231 cm³/mol. The summed E-state index contributed by atoms with van der Waals surface area (Å²) in [5.41, 5.74) is 9.74. The molecule has 1 unspecified atom stereocenters. The largest absolute Gasteiger partial charge is 0.456 e. The average Bonchev–Trinajstić information content (AvgIpc) is 3.66. The van der Waals surface area contributed by atoms with Gasteiger partial charge in [0.15, 0.2) is 17.5 Å². The molecule has 10 aromatic rings. The van der Waals surface area contributed by atoms with E-state index in [9.17, 15) is 0 Å². The van der Waals surface area contributed by atoms with Crippen LogP contribution in [0.5, 0.6) is 0 Å². The molecule has 11 rings (SSSR count). The molecule has 4 heteroatoms. The highest BCUT2D eigenvalue weighted by atomic mass is 16.3. The Labute approximate surface area is 324 Å². The minimum absolute atomic E-state index is 0.376. The molecule has 0 bridgehead atoms. The molecular formula is C52H35N3O. The van der Waals surface area contributed by atoms with Crippen LogP contribution >= 0.6 is 0 Å². The zero-order valence-electron chi connectivity index (χ0n) is 30.8. The van der Waals surface area contributed by atoms with Gasteiger partial charge >= 0.3 is 0 Å². The summed E-state index contributed by atoms with van der Waals surface area (Å²) in [7, 11) is 0. The van der Waals surface area contributed by atoms with Crippen LogP contribution in [0.15, 0.2) is 174 Å². The molecule has 0 N–H and O–H groups in total. The van der Waals surface area contributed by atoms with Crippen molar-refractivity contribution in [2.75, 3.05) is 0 Å². The van der Waals surface area contributed by atoms with Crippen LogP contribution in [0.1, 0.15) is 30.6 Å². The van der Waals surface area contributed by atoms with Gasteiger partial charge in [0.25, 0.3) is 0 Å². The third-order valence-corrected chi connectivity index (χ3v) is 11.4. The fourth-order valence-electron chi connectivity index (χ4n) is 8.62. The van der Waals surface area contributed by atoms with Crippen molar-refractivity contribution in [1.82, 2.24) is 15.0 Å². The third kappa shape index (κ3) is 5.33. The lowest BCUT2D eigenvalue weighted by Gasteiger charge is -2.16. The number of hydrogen-bond donors (Lipinski definition) is 0. The van der Waals surface area contributed by atoms with Crippen molar-refractivity contribution >= 4 is 49.4 Å². The molecule has 4 nitrogen and oxygen atoms in total. The predicted octanol–water partition coefficient (Wildman–Crippen LogP) is 13.9. The summed E-state index contributed by atoms with van der Waals surface area (Å²) >= 11 is 0. The van der Waals surface area contributed by atoms with Crippen LogP contribution in [0.4, 0.5) is 0 Å². The Balaban J connectivity index is 1.09. The summed E-state index contributed by atoms with van der Waals surface area (Å²) < 4.78 is 6.40. The van der Waals surface area contributed by atoms with Gasteiger partial charge in [-0.1, -0.05) is 165 Å². The Kier molecular flexibility index (Phi) is 7.49. The fraction of sp³-hybridized carbons (Fsp3) is 0.0577. The molecule has 1 atom stereocenters. The lowest BCUT2D eigenvalue weighted by atomic mass is 9.86. The summed E-state index contributed by atoms with van der Waals surface area (Å²) in [6.07, 6.45) is 5.35. The van der Waals surface area contributed by atoms with Crippen LogP contribution in [-0.4, -0.2) is 15.0 Å². The van der Waals surface area contributed by atoms with E-state index in [2.05, 4.69) is 183 Å². The van der Waals surface area contributed by atoms with E-state index in [1.807, 2.05) is 0 Å². The smallest absolute Gasteiger partial charge is 0.164 e. The van der Waals surface area contributed by atoms with E-state index < -0.39 is 0 Å². The number of benzene rings is 8. The second-order valence-electron chi connectivity index (χ2n) is 14.8. The van der Waals surface area contributed by atoms with Crippen LogP contribution in [0.2, 0.25) is 0 Å². The first-order valence-corrected chi connectivity index (χ1v) is 19.2. The molecule has 264 valence electrons. The van der Waals surface area contributed by atoms with Crippen molar-refractivity contribution < 1.29 is 4.42 Å². The number of rotatable bonds is 5. The van der Waals surface area contributed by atoms with Crippen molar-refractivity contribution in [1.29, 1.82) is 0 Å². The van der Waals surface area contributed by atoms with E-state index in [0.717, 1.165) is 61.7 Å². The van der Waals surface area contributed by atoms with Crippen molar-refractivity contribution in [3.05, 3.63) is 181 Å². The Morgan fingerprint density at radius 3 is 1.91 bits per heavy atom. The molecule has 8 aromatic carbocycles. The molecule has 0 fully saturated rings. The molecule has 0 amide bonds. The Hall–Kier alpha value is -7.17. The Morgan fingerprint density at radius 1 is 0.464 bits per heavy atom. The van der Waals surface area contributed by atoms with Crippen LogP contribution in [0, 0.1) is 0 Å². The van der Waals surface area contributed by atoms with E-state index in [-0.39, 0.29) is 0 Å². The summed E-state index contributed by atoms with van der Waals surface area (Å²) in [5.74, 6) is 3.25. The normalized spacial score (nSPS) is 13.8. The summed E-state index contributed by atoms with van der Waals surface area (Å²) in [5, 5.41) is 8.20. The standard InChI is InChI=1S/C52H35N3O/c1-32-11-6-23-46-48(32)49-44(21-10-24-47(49)56-46)42-19-8-20-43-41(42)18-9-22-45(43)52-54-50(53-51(55-52)38-30-25-33-12-2-3-14-37(33)31-38)36-28-26-35(27-29-36)40-17-7-15-34-13-4-5-16-39(34)40/h2-10,12-32H,11H2,1H3. The maximum absolute atomic E-state index is 6.40. The molecule has 1 aliphatic rings. The average molecular weight is 718 g/mol. The minimum atomic E-state index is 0.376. The monoisotopic (exact) mass is 717 g/mol. The van der Waals surface area contributed by atoms with Crippen molar-refractivity contribution in [3.63, 3.8) is 0 Å². The van der Waals surface area contributed by atoms with Gasteiger partial charge in [-0.15, -0.1) is 0 Å². The number of furan rings is 1. The zero-order valence-corrected chi connectivity index (χ0v) is 30.8. The van der Waals surface area contributed by atoms with Gasteiger partial charge in [-0.3, -0.25) is 0 Å². The molecule has 2 heterocycles. The first-order valence-electron chi connectivity index (χ1n) is 19.2. The molecule has 0 spiro atoms. The maximum Gasteiger partial charge on any atom is 0.164 e. The van der Waals surface area contributed by atoms with Gasteiger partial charge in [-0.25, -0.2) is 15.0 Å². The molecular weight excluding hydrogens is 683 g/mol. The topological polar surface area (TPSA) is 51.8 Å². The lowest BCUT2D eigenvalue weighted by Crippen LogP contribution is -2.01. The van der Waals surface area contributed by atoms with Gasteiger partial charge in [-0.2, -0.15) is 0 Å². The van der Waals surface area contributed by atoms with Gasteiger partial charge in [0.2, 0.25) is 0 Å². The highest BCUT2D eigenvalue weighted by Gasteiger charge is 2.24. The summed E-state index contributed by atoms with van der Waals surface area (Å²) in [4.78, 5) is 15.6. The molecule has 56 heavy (non-hydrogen) atoms. The highest BCUT2D eigenvalue weighted by Crippen LogP contribution is 2.44. The number of allylic oxidation sites excluding steroid dienone is 1. The number of hydrogen-bond acceptors (Lipinski definition) is 4. The van der Waals surface area contributed by atoms with Crippen LogP contribution < -0.4 is 0 Å². The Morgan fingerprint density at radius 2 is 1.05 bits per heavy atom. The summed E-state index contributed by atoms with van der Waals surface area (Å²) in [6, 6.07) is 57.8. The molecule has 0 saturated carbocycles. The van der Waals surface area contributed by atoms with Crippen molar-refractivity contribution in [2.45, 2.75) is 19.3 Å². The third-order valence-electron chi connectivity index (χ3n) is 11.4.